The van der Waals surface area contributed by atoms with Gasteiger partial charge in [-0.05, 0) is 38.2 Å². The molecule has 0 aliphatic carbocycles. The Kier molecular flexibility index (Phi) is 5.40. The first-order chi connectivity index (χ1) is 10.2. The molecule has 0 saturated carbocycles. The molecule has 0 aliphatic rings. The molecule has 0 radical (unpaired) electrons. The van der Waals surface area contributed by atoms with Gasteiger partial charge in [0.25, 0.3) is 0 Å². The molecule has 0 saturated heterocycles. The van der Waals surface area contributed by atoms with Crippen molar-refractivity contribution in [2.75, 3.05) is 6.54 Å². The van der Waals surface area contributed by atoms with Crippen LogP contribution in [0.4, 0.5) is 0 Å². The molecule has 2 aromatic rings. The molecule has 21 heavy (non-hydrogen) atoms. The standard InChI is InChI=1S/C16H18N4S/c1-3-17-16(21)20-19-15(14-6-4-5-11-18-14)13-9-7-12(2)8-10-13/h4-11H,3H2,1-2H3,(H2,17,20,21)/b19-15+. The highest BCUT2D eigenvalue weighted by Gasteiger charge is 2.08. The average molecular weight is 298 g/mol. The summed E-state index contributed by atoms with van der Waals surface area (Å²) >= 11 is 5.14. The van der Waals surface area contributed by atoms with Crippen LogP contribution in [-0.4, -0.2) is 22.4 Å². The van der Waals surface area contributed by atoms with Gasteiger partial charge in [0.15, 0.2) is 5.11 Å². The molecule has 2 N–H and O–H groups in total. The molecule has 0 spiro atoms. The van der Waals surface area contributed by atoms with E-state index in [0.29, 0.717) is 5.11 Å². The van der Waals surface area contributed by atoms with E-state index in [-0.39, 0.29) is 0 Å². The van der Waals surface area contributed by atoms with Crippen LogP contribution in [-0.2, 0) is 0 Å². The summed E-state index contributed by atoms with van der Waals surface area (Å²) in [5.74, 6) is 0. The van der Waals surface area contributed by atoms with Crippen molar-refractivity contribution in [2.45, 2.75) is 13.8 Å². The number of rotatable bonds is 4. The zero-order valence-corrected chi connectivity index (χ0v) is 12.9. The minimum atomic E-state index is 0.498. The molecule has 1 aromatic heterocycles. The average Bonchev–Trinajstić information content (AvgIpc) is 2.50. The second-order valence-corrected chi connectivity index (χ2v) is 4.92. The van der Waals surface area contributed by atoms with Gasteiger partial charge in [0.2, 0.25) is 0 Å². The van der Waals surface area contributed by atoms with Gasteiger partial charge in [-0.3, -0.25) is 10.4 Å². The second kappa shape index (κ2) is 7.50. The SMILES string of the molecule is CCNC(=S)N/N=C(\c1ccc(C)cc1)c1ccccn1. The van der Waals surface area contributed by atoms with E-state index in [1.807, 2.05) is 37.3 Å². The van der Waals surface area contributed by atoms with Crippen LogP contribution >= 0.6 is 12.2 Å². The van der Waals surface area contributed by atoms with Crippen LogP contribution in [0.3, 0.4) is 0 Å². The molecule has 0 bridgehead atoms. The van der Waals surface area contributed by atoms with Gasteiger partial charge >= 0.3 is 0 Å². The van der Waals surface area contributed by atoms with Crippen LogP contribution in [0.15, 0.2) is 53.8 Å². The number of benzene rings is 1. The lowest BCUT2D eigenvalue weighted by Gasteiger charge is -2.09. The molecule has 1 aromatic carbocycles. The molecule has 5 heteroatoms. The topological polar surface area (TPSA) is 49.3 Å². The van der Waals surface area contributed by atoms with Crippen LogP contribution in [0, 0.1) is 6.92 Å². The van der Waals surface area contributed by atoms with E-state index in [2.05, 4.69) is 39.9 Å². The Morgan fingerprint density at radius 1 is 1.19 bits per heavy atom. The summed E-state index contributed by atoms with van der Waals surface area (Å²) in [7, 11) is 0. The third-order valence-corrected chi connectivity index (χ3v) is 3.07. The normalized spacial score (nSPS) is 11.0. The van der Waals surface area contributed by atoms with Gasteiger partial charge in [0.05, 0.1) is 5.69 Å². The predicted octanol–water partition coefficient (Wildman–Crippen LogP) is 2.63. The Labute approximate surface area is 130 Å². The van der Waals surface area contributed by atoms with E-state index in [0.717, 1.165) is 23.5 Å². The van der Waals surface area contributed by atoms with Crippen LogP contribution in [0.25, 0.3) is 0 Å². The number of aromatic nitrogens is 1. The minimum Gasteiger partial charge on any atom is -0.362 e. The highest BCUT2D eigenvalue weighted by molar-refractivity contribution is 7.80. The zero-order chi connectivity index (χ0) is 15.1. The van der Waals surface area contributed by atoms with Crippen molar-refractivity contribution in [3.05, 3.63) is 65.5 Å². The van der Waals surface area contributed by atoms with Crippen molar-refractivity contribution in [3.63, 3.8) is 0 Å². The first-order valence-corrected chi connectivity index (χ1v) is 7.21. The van der Waals surface area contributed by atoms with E-state index in [1.54, 1.807) is 6.20 Å². The number of thiocarbonyl (C=S) groups is 1. The van der Waals surface area contributed by atoms with E-state index in [9.17, 15) is 0 Å². The summed E-state index contributed by atoms with van der Waals surface area (Å²) in [6.45, 7) is 4.79. The summed E-state index contributed by atoms with van der Waals surface area (Å²) in [4.78, 5) is 4.37. The number of hydrogen-bond donors (Lipinski definition) is 2. The number of aryl methyl sites for hydroxylation is 1. The first kappa shape index (κ1) is 15.1. The molecular formula is C16H18N4S. The number of pyridine rings is 1. The van der Waals surface area contributed by atoms with Crippen molar-refractivity contribution in [1.82, 2.24) is 15.7 Å². The number of hydrogen-bond acceptors (Lipinski definition) is 3. The molecule has 0 atom stereocenters. The predicted molar refractivity (Wildman–Crippen MR) is 90.5 cm³/mol. The lowest BCUT2D eigenvalue weighted by atomic mass is 10.1. The fourth-order valence-electron chi connectivity index (χ4n) is 1.79. The molecule has 0 aliphatic heterocycles. The van der Waals surface area contributed by atoms with E-state index < -0.39 is 0 Å². The molecule has 108 valence electrons. The van der Waals surface area contributed by atoms with Gasteiger partial charge in [-0.25, -0.2) is 0 Å². The van der Waals surface area contributed by atoms with Gasteiger partial charge in [-0.2, -0.15) is 5.10 Å². The highest BCUT2D eigenvalue weighted by Crippen LogP contribution is 2.10. The first-order valence-electron chi connectivity index (χ1n) is 6.80. The molecule has 2 rings (SSSR count). The molecule has 0 fully saturated rings. The van der Waals surface area contributed by atoms with Gasteiger partial charge < -0.3 is 5.32 Å². The second-order valence-electron chi connectivity index (χ2n) is 4.51. The molecular weight excluding hydrogens is 280 g/mol. The smallest absolute Gasteiger partial charge is 0.186 e. The summed E-state index contributed by atoms with van der Waals surface area (Å²) in [5.41, 5.74) is 6.62. The van der Waals surface area contributed by atoms with Crippen molar-refractivity contribution in [1.29, 1.82) is 0 Å². The monoisotopic (exact) mass is 298 g/mol. The third-order valence-electron chi connectivity index (χ3n) is 2.84. The van der Waals surface area contributed by atoms with E-state index in [4.69, 9.17) is 12.2 Å². The lowest BCUT2D eigenvalue weighted by molar-refractivity contribution is 0.901. The number of nitrogens with one attached hydrogen (secondary N) is 2. The van der Waals surface area contributed by atoms with Gasteiger partial charge in [-0.15, -0.1) is 0 Å². The fourth-order valence-corrected chi connectivity index (χ4v) is 1.98. The minimum absolute atomic E-state index is 0.498. The Balaban J connectivity index is 2.33. The largest absolute Gasteiger partial charge is 0.362 e. The zero-order valence-electron chi connectivity index (χ0n) is 12.1. The summed E-state index contributed by atoms with van der Waals surface area (Å²) in [6.07, 6.45) is 1.75. The van der Waals surface area contributed by atoms with Crippen molar-refractivity contribution in [3.8, 4) is 0 Å². The molecule has 4 nitrogen and oxygen atoms in total. The Morgan fingerprint density at radius 3 is 2.57 bits per heavy atom. The molecule has 0 unspecified atom stereocenters. The van der Waals surface area contributed by atoms with Crippen molar-refractivity contribution in [2.24, 2.45) is 5.10 Å². The quantitative estimate of drug-likeness (QED) is 0.517. The third kappa shape index (κ3) is 4.36. The number of nitrogens with zero attached hydrogens (tertiary/aromatic N) is 2. The van der Waals surface area contributed by atoms with Crippen LogP contribution in [0.1, 0.15) is 23.7 Å². The van der Waals surface area contributed by atoms with Crippen molar-refractivity contribution >= 4 is 23.0 Å². The number of hydrazone groups is 1. The van der Waals surface area contributed by atoms with Crippen LogP contribution < -0.4 is 10.7 Å². The van der Waals surface area contributed by atoms with Gasteiger partial charge in [-0.1, -0.05) is 35.9 Å². The highest BCUT2D eigenvalue weighted by atomic mass is 32.1. The summed E-state index contributed by atoms with van der Waals surface area (Å²) in [6, 6.07) is 13.9. The summed E-state index contributed by atoms with van der Waals surface area (Å²) < 4.78 is 0. The van der Waals surface area contributed by atoms with Crippen LogP contribution in [0.2, 0.25) is 0 Å². The Morgan fingerprint density at radius 2 is 1.95 bits per heavy atom. The van der Waals surface area contributed by atoms with E-state index in [1.165, 1.54) is 5.56 Å². The lowest BCUT2D eigenvalue weighted by Crippen LogP contribution is -2.32. The van der Waals surface area contributed by atoms with Crippen molar-refractivity contribution < 1.29 is 0 Å². The maximum absolute atomic E-state index is 5.14. The van der Waals surface area contributed by atoms with E-state index >= 15 is 0 Å². The van der Waals surface area contributed by atoms with Crippen LogP contribution in [0.5, 0.6) is 0 Å². The molecule has 0 amide bonds. The van der Waals surface area contributed by atoms with Gasteiger partial charge in [0.1, 0.15) is 5.71 Å². The maximum atomic E-state index is 5.14. The molecule has 1 heterocycles. The summed E-state index contributed by atoms with van der Waals surface area (Å²) in [5, 5.41) is 7.92. The van der Waals surface area contributed by atoms with Gasteiger partial charge in [0, 0.05) is 18.3 Å². The Bertz CT molecular complexity index is 620. The Hall–Kier alpha value is -2.27. The fraction of sp³-hybridized carbons (Fsp3) is 0.188. The maximum Gasteiger partial charge on any atom is 0.186 e.